The quantitative estimate of drug-likeness (QED) is 0.232. The van der Waals surface area contributed by atoms with Crippen LogP contribution in [0.4, 0.5) is 25.2 Å². The van der Waals surface area contributed by atoms with E-state index in [1.54, 1.807) is 11.8 Å². The van der Waals surface area contributed by atoms with Gasteiger partial charge in [0.15, 0.2) is 9.99 Å². The van der Waals surface area contributed by atoms with E-state index in [0.717, 1.165) is 21.0 Å². The molecular formula is C16H15F6OPS2. The molecule has 0 N–H and O–H groups in total. The zero-order valence-corrected chi connectivity index (χ0v) is 16.3. The monoisotopic (exact) mass is 432 g/mol. The Morgan fingerprint density at radius 3 is 1.88 bits per heavy atom. The van der Waals surface area contributed by atoms with Crippen molar-refractivity contribution in [2.75, 3.05) is 0 Å². The summed E-state index contributed by atoms with van der Waals surface area (Å²) in [5, 5.41) is 2.09. The molecule has 0 aliphatic rings. The van der Waals surface area contributed by atoms with Gasteiger partial charge in [-0.05, 0) is 61.9 Å². The van der Waals surface area contributed by atoms with Crippen LogP contribution in [0.5, 0.6) is 0 Å². The number of hydrogen-bond acceptors (Lipinski definition) is 2. The number of halogens is 6. The molecule has 0 saturated heterocycles. The zero-order chi connectivity index (χ0) is 19.8. The third-order valence-electron chi connectivity index (χ3n) is 3.07. The molecule has 3 rings (SSSR count). The van der Waals surface area contributed by atoms with E-state index in [-0.39, 0.29) is 0 Å². The van der Waals surface area contributed by atoms with Gasteiger partial charge in [0.05, 0.1) is 0 Å². The standard InChI is InChI=1S/C16H14OS2.F6P/c1-10-7-13(18)8-11(2)16(10)19-15-9-12-5-3-4-6-14(12)17-15;1-7(2,3,4,5)6/h3-9,18H,1-2H3;/q;-1/p+1. The van der Waals surface area contributed by atoms with Gasteiger partial charge in [0.2, 0.25) is 0 Å². The second kappa shape index (κ2) is 6.39. The molecule has 0 bridgehead atoms. The fourth-order valence-electron chi connectivity index (χ4n) is 2.22. The minimum absolute atomic E-state index is 0.939. The van der Waals surface area contributed by atoms with Crippen molar-refractivity contribution in [1.29, 1.82) is 0 Å². The van der Waals surface area contributed by atoms with Crippen molar-refractivity contribution in [3.05, 3.63) is 53.6 Å². The first-order chi connectivity index (χ1) is 11.6. The van der Waals surface area contributed by atoms with Crippen LogP contribution in [0.1, 0.15) is 11.1 Å². The first-order valence-corrected chi connectivity index (χ1v) is 10.5. The Bertz CT molecular complexity index is 883. The van der Waals surface area contributed by atoms with Gasteiger partial charge in [-0.1, -0.05) is 30.0 Å². The number of rotatable bonds is 2. The molecule has 144 valence electrons. The first kappa shape index (κ1) is 21.0. The number of furan rings is 1. The predicted molar refractivity (Wildman–Crippen MR) is 98.2 cm³/mol. The molecule has 0 amide bonds. The first-order valence-electron chi connectivity index (χ1n) is 7.14. The predicted octanol–water partition coefficient (Wildman–Crippen LogP) is 7.95. The van der Waals surface area contributed by atoms with Gasteiger partial charge in [0.1, 0.15) is 5.58 Å². The summed E-state index contributed by atoms with van der Waals surface area (Å²) in [7, 11) is -10.7. The normalized spacial score (nSPS) is 14.3. The van der Waals surface area contributed by atoms with Crippen LogP contribution in [0.2, 0.25) is 0 Å². The van der Waals surface area contributed by atoms with Crippen molar-refractivity contribution < 1.29 is 29.6 Å². The van der Waals surface area contributed by atoms with E-state index >= 15 is 0 Å². The molecule has 2 aromatic carbocycles. The fourth-order valence-corrected chi connectivity index (χ4v) is 3.61. The van der Waals surface area contributed by atoms with Gasteiger partial charge in [-0.3, -0.25) is 0 Å². The number of para-hydroxylation sites is 1. The van der Waals surface area contributed by atoms with E-state index in [2.05, 4.69) is 50.7 Å². The molecular weight excluding hydrogens is 417 g/mol. The van der Waals surface area contributed by atoms with Crippen LogP contribution >= 0.6 is 19.6 Å². The van der Waals surface area contributed by atoms with Crippen molar-refractivity contribution in [2.45, 2.75) is 28.7 Å². The van der Waals surface area contributed by atoms with Crippen LogP contribution in [0.15, 0.2) is 61.8 Å². The summed E-state index contributed by atoms with van der Waals surface area (Å²) < 4.78 is 65.1. The Hall–Kier alpha value is -1.31. The molecule has 0 aliphatic heterocycles. The zero-order valence-electron chi connectivity index (χ0n) is 13.6. The Kier molecular flexibility index (Phi) is 5.16. The third kappa shape index (κ3) is 7.51. The van der Waals surface area contributed by atoms with Gasteiger partial charge < -0.3 is 4.42 Å². The third-order valence-corrected chi connectivity index (χ3v) is 4.61. The molecule has 1 nitrogen and oxygen atoms in total. The van der Waals surface area contributed by atoms with Gasteiger partial charge in [-0.2, -0.15) is 0 Å². The molecule has 3 aromatic rings. The van der Waals surface area contributed by atoms with E-state index in [0.29, 0.717) is 0 Å². The maximum absolute atomic E-state index is 10.7. The molecule has 26 heavy (non-hydrogen) atoms. The molecule has 0 saturated carbocycles. The van der Waals surface area contributed by atoms with E-state index in [4.69, 9.17) is 4.42 Å². The Morgan fingerprint density at radius 2 is 1.38 bits per heavy atom. The van der Waals surface area contributed by atoms with Crippen LogP contribution in [-0.4, -0.2) is 0 Å². The number of hydrogen-bond donors (Lipinski definition) is 0. The topological polar surface area (TPSA) is 13.1 Å². The SMILES string of the molecule is Cc1cc([SH2+])cc(C)c1Sc1cc2ccccc2o1.F[P-](F)(F)(F)(F)F. The van der Waals surface area contributed by atoms with Crippen molar-refractivity contribution in [1.82, 2.24) is 0 Å². The molecule has 10 heteroatoms. The summed E-state index contributed by atoms with van der Waals surface area (Å²) in [4.78, 5) is 2.38. The van der Waals surface area contributed by atoms with Crippen LogP contribution in [0.3, 0.4) is 0 Å². The summed E-state index contributed by atoms with van der Waals surface area (Å²) in [5.41, 5.74) is 3.46. The summed E-state index contributed by atoms with van der Waals surface area (Å²) in [6.45, 7) is 4.25. The average molecular weight is 432 g/mol. The van der Waals surface area contributed by atoms with Gasteiger partial charge >= 0.3 is 33.0 Å². The molecule has 0 unspecified atom stereocenters. The van der Waals surface area contributed by atoms with E-state index in [1.807, 2.05) is 18.2 Å². The summed E-state index contributed by atoms with van der Waals surface area (Å²) >= 11 is 5.27. The van der Waals surface area contributed by atoms with Crippen molar-refractivity contribution >= 4 is 43.2 Å². The van der Waals surface area contributed by atoms with Gasteiger partial charge in [0.25, 0.3) is 0 Å². The van der Waals surface area contributed by atoms with Crippen LogP contribution < -0.4 is 0 Å². The molecule has 1 heterocycles. The Balaban J connectivity index is 0.000000298. The van der Waals surface area contributed by atoms with E-state index < -0.39 is 7.81 Å². The van der Waals surface area contributed by atoms with Gasteiger partial charge in [-0.25, -0.2) is 0 Å². The van der Waals surface area contributed by atoms with E-state index in [1.165, 1.54) is 16.0 Å². The van der Waals surface area contributed by atoms with Gasteiger partial charge in [-0.15, -0.1) is 0 Å². The van der Waals surface area contributed by atoms with Crippen LogP contribution in [0, 0.1) is 13.8 Å². The molecule has 0 aliphatic carbocycles. The Morgan fingerprint density at radius 1 is 0.885 bits per heavy atom. The average Bonchev–Trinajstić information content (AvgIpc) is 2.81. The van der Waals surface area contributed by atoms with E-state index in [9.17, 15) is 25.2 Å². The fraction of sp³-hybridized carbons (Fsp3) is 0.125. The second-order valence-electron chi connectivity index (χ2n) is 5.60. The van der Waals surface area contributed by atoms with Gasteiger partial charge in [0, 0.05) is 10.3 Å². The van der Waals surface area contributed by atoms with Crippen molar-refractivity contribution in [2.24, 2.45) is 0 Å². The molecule has 1 aromatic heterocycles. The molecule has 0 fully saturated rings. The molecule has 0 radical (unpaired) electrons. The number of benzene rings is 2. The molecule has 0 atom stereocenters. The second-order valence-corrected chi connectivity index (χ2v) is 9.11. The molecule has 0 spiro atoms. The maximum atomic E-state index is 9.87. The van der Waals surface area contributed by atoms with Crippen LogP contribution in [-0.2, 0) is 12.6 Å². The van der Waals surface area contributed by atoms with Crippen LogP contribution in [0.25, 0.3) is 11.0 Å². The van der Waals surface area contributed by atoms with Crippen molar-refractivity contribution in [3.8, 4) is 0 Å². The summed E-state index contributed by atoms with van der Waals surface area (Å²) in [6, 6.07) is 14.5. The minimum atomic E-state index is -10.7. The summed E-state index contributed by atoms with van der Waals surface area (Å²) in [6.07, 6.45) is 0. The van der Waals surface area contributed by atoms with Crippen molar-refractivity contribution in [3.63, 3.8) is 0 Å². The number of aryl methyl sites for hydroxylation is 2. The summed E-state index contributed by atoms with van der Waals surface area (Å²) in [5.74, 6) is 0. The Labute approximate surface area is 155 Å². The number of fused-ring (bicyclic) bond motifs is 1.